The van der Waals surface area contributed by atoms with Gasteiger partial charge in [0.1, 0.15) is 5.82 Å². The van der Waals surface area contributed by atoms with Crippen LogP contribution >= 0.6 is 11.6 Å². The van der Waals surface area contributed by atoms with E-state index in [9.17, 15) is 4.79 Å². The highest BCUT2D eigenvalue weighted by Crippen LogP contribution is 2.39. The number of hydrogen-bond acceptors (Lipinski definition) is 4. The van der Waals surface area contributed by atoms with Crippen molar-refractivity contribution in [3.8, 4) is 16.8 Å². The molecule has 210 valence electrons. The first-order valence-corrected chi connectivity index (χ1v) is 14.2. The molecule has 0 unspecified atom stereocenters. The molecule has 1 heterocycles. The average molecular weight is 558 g/mol. The Morgan fingerprint density at radius 1 is 1.15 bits per heavy atom. The number of nitrogens with zero attached hydrogens (tertiary/aromatic N) is 3. The molecule has 0 aliphatic heterocycles. The van der Waals surface area contributed by atoms with Gasteiger partial charge in [0.25, 0.3) is 0 Å². The van der Waals surface area contributed by atoms with Crippen molar-refractivity contribution in [1.29, 1.82) is 5.41 Å². The Hall–Kier alpha value is -3.61. The molecule has 1 aliphatic rings. The lowest BCUT2D eigenvalue weighted by Gasteiger charge is -2.19. The van der Waals surface area contributed by atoms with Crippen molar-refractivity contribution in [2.24, 2.45) is 0 Å². The summed E-state index contributed by atoms with van der Waals surface area (Å²) in [4.78, 5) is 17.0. The fourth-order valence-electron chi connectivity index (χ4n) is 4.84. The average Bonchev–Trinajstić information content (AvgIpc) is 3.75. The molecule has 3 aromatic rings. The number of hydrogen-bond donors (Lipinski definition) is 2. The third-order valence-electron chi connectivity index (χ3n) is 7.56. The summed E-state index contributed by atoms with van der Waals surface area (Å²) in [5, 5.41) is 12.9. The maximum Gasteiger partial charge on any atom is 0.250 e. The fourth-order valence-corrected chi connectivity index (χ4v) is 4.97. The lowest BCUT2D eigenvalue weighted by molar-refractivity contribution is -0.113. The first-order valence-electron chi connectivity index (χ1n) is 13.9. The zero-order valence-corrected chi connectivity index (χ0v) is 25.1. The number of likely N-dealkylation sites (N-methyl/N-ethyl adjacent to an activating group) is 2. The van der Waals surface area contributed by atoms with Gasteiger partial charge in [0.2, 0.25) is 5.91 Å². The molecule has 0 bridgehead atoms. The van der Waals surface area contributed by atoms with Crippen LogP contribution in [0.2, 0.25) is 5.02 Å². The van der Waals surface area contributed by atoms with Gasteiger partial charge in [-0.1, -0.05) is 48.4 Å². The minimum absolute atomic E-state index is 0.0664. The van der Waals surface area contributed by atoms with Gasteiger partial charge in [0.15, 0.2) is 0 Å². The van der Waals surface area contributed by atoms with Crippen LogP contribution in [0.15, 0.2) is 72.5 Å². The summed E-state index contributed by atoms with van der Waals surface area (Å²) in [6.45, 7) is 8.86. The van der Waals surface area contributed by atoms with Crippen LogP contribution < -0.4 is 10.2 Å². The Balaban J connectivity index is 1.77. The molecular weight excluding hydrogens is 518 g/mol. The molecule has 7 heteroatoms. The van der Waals surface area contributed by atoms with Gasteiger partial charge in [-0.15, -0.1) is 0 Å². The van der Waals surface area contributed by atoms with Crippen LogP contribution in [-0.4, -0.2) is 47.8 Å². The lowest BCUT2D eigenvalue weighted by atomic mass is 9.99. The largest absolute Gasteiger partial charge is 0.347 e. The van der Waals surface area contributed by atoms with Gasteiger partial charge in [-0.2, -0.15) is 0 Å². The van der Waals surface area contributed by atoms with E-state index in [1.165, 1.54) is 18.4 Å². The quantitative estimate of drug-likeness (QED) is 0.186. The van der Waals surface area contributed by atoms with Crippen molar-refractivity contribution in [2.45, 2.75) is 53.0 Å². The number of carbonyl (C=O) groups excluding carboxylic acids is 1. The van der Waals surface area contributed by atoms with E-state index in [0.29, 0.717) is 16.8 Å². The van der Waals surface area contributed by atoms with E-state index in [-0.39, 0.29) is 5.91 Å². The van der Waals surface area contributed by atoms with Gasteiger partial charge in [-0.05, 0) is 83.0 Å². The molecule has 40 heavy (non-hydrogen) atoms. The lowest BCUT2D eigenvalue weighted by Crippen LogP contribution is -2.25. The molecule has 0 spiro atoms. The SMILES string of the molecule is CCC(C)=CNc1c(C(C)=N)c(-c2ccc(Cl)cc2)c(C)n1-c1cccc(N(C)C(=O)C=CCN(C)C2CC2)c1. The van der Waals surface area contributed by atoms with Crippen LogP contribution in [-0.2, 0) is 4.79 Å². The predicted molar refractivity (Wildman–Crippen MR) is 169 cm³/mol. The molecule has 1 amide bonds. The van der Waals surface area contributed by atoms with E-state index in [2.05, 4.69) is 42.6 Å². The number of benzene rings is 2. The van der Waals surface area contributed by atoms with E-state index in [0.717, 1.165) is 52.5 Å². The van der Waals surface area contributed by atoms with Crippen LogP contribution in [0.4, 0.5) is 11.5 Å². The minimum Gasteiger partial charge on any atom is -0.347 e. The number of allylic oxidation sites excluding steroid dienone is 1. The fraction of sp³-hybridized carbons (Fsp3) is 0.333. The standard InChI is InChI=1S/C33H40ClN5O/c1-7-22(2)21-36-33-31(23(3)35)32(25-13-15-26(34)16-14-25)24(4)39(33)29-11-8-10-28(20-29)38(6)30(40)12-9-19-37(5)27-17-18-27/h8-16,20-21,27,35-36H,7,17-19H2,1-6H3. The summed E-state index contributed by atoms with van der Waals surface area (Å²) >= 11 is 6.20. The van der Waals surface area contributed by atoms with Crippen LogP contribution in [0.3, 0.4) is 0 Å². The minimum atomic E-state index is -0.0664. The van der Waals surface area contributed by atoms with Crippen molar-refractivity contribution in [2.75, 3.05) is 30.9 Å². The zero-order chi connectivity index (χ0) is 29.0. The number of amides is 1. The Morgan fingerprint density at radius 2 is 1.85 bits per heavy atom. The molecular formula is C33H40ClN5O. The van der Waals surface area contributed by atoms with E-state index in [1.54, 1.807) is 18.0 Å². The Kier molecular flexibility index (Phi) is 9.33. The molecule has 1 saturated carbocycles. The summed E-state index contributed by atoms with van der Waals surface area (Å²) in [6, 6.07) is 16.4. The summed E-state index contributed by atoms with van der Waals surface area (Å²) in [7, 11) is 3.90. The summed E-state index contributed by atoms with van der Waals surface area (Å²) in [6.07, 6.45) is 9.01. The Morgan fingerprint density at radius 3 is 2.48 bits per heavy atom. The Labute approximate surface area is 243 Å². The highest BCUT2D eigenvalue weighted by molar-refractivity contribution is 6.30. The van der Waals surface area contributed by atoms with Crippen molar-refractivity contribution >= 4 is 34.7 Å². The highest BCUT2D eigenvalue weighted by atomic mass is 35.5. The van der Waals surface area contributed by atoms with E-state index in [4.69, 9.17) is 17.0 Å². The smallest absolute Gasteiger partial charge is 0.250 e. The molecule has 0 saturated heterocycles. The van der Waals surface area contributed by atoms with Gasteiger partial charge >= 0.3 is 0 Å². The van der Waals surface area contributed by atoms with Crippen molar-refractivity contribution < 1.29 is 4.79 Å². The summed E-state index contributed by atoms with van der Waals surface area (Å²) in [5.41, 5.74) is 7.15. The third kappa shape index (κ3) is 6.57. The third-order valence-corrected chi connectivity index (χ3v) is 7.81. The van der Waals surface area contributed by atoms with Gasteiger partial charge in [-0.25, -0.2) is 0 Å². The van der Waals surface area contributed by atoms with Gasteiger partial charge in [0.05, 0.1) is 0 Å². The number of rotatable bonds is 11. The van der Waals surface area contributed by atoms with Crippen LogP contribution in [0.5, 0.6) is 0 Å². The molecule has 1 aromatic heterocycles. The van der Waals surface area contributed by atoms with Crippen molar-refractivity contribution in [3.05, 3.63) is 88.7 Å². The van der Waals surface area contributed by atoms with Crippen molar-refractivity contribution in [3.63, 3.8) is 0 Å². The molecule has 1 aliphatic carbocycles. The second-order valence-electron chi connectivity index (χ2n) is 10.6. The molecule has 4 rings (SSSR count). The first-order chi connectivity index (χ1) is 19.1. The maximum absolute atomic E-state index is 13.0. The topological polar surface area (TPSA) is 64.4 Å². The van der Waals surface area contributed by atoms with E-state index < -0.39 is 0 Å². The second-order valence-corrected chi connectivity index (χ2v) is 11.1. The second kappa shape index (κ2) is 12.7. The van der Waals surface area contributed by atoms with E-state index in [1.807, 2.05) is 67.7 Å². The van der Waals surface area contributed by atoms with Gasteiger partial charge in [0, 0.05) is 70.8 Å². The maximum atomic E-state index is 13.0. The van der Waals surface area contributed by atoms with Gasteiger partial charge < -0.3 is 15.6 Å². The molecule has 0 radical (unpaired) electrons. The number of aromatic nitrogens is 1. The van der Waals surface area contributed by atoms with Gasteiger partial charge in [-0.3, -0.25) is 14.3 Å². The monoisotopic (exact) mass is 557 g/mol. The van der Waals surface area contributed by atoms with Crippen LogP contribution in [0.1, 0.15) is 51.3 Å². The summed E-state index contributed by atoms with van der Waals surface area (Å²) < 4.78 is 2.14. The molecule has 1 fully saturated rings. The highest BCUT2D eigenvalue weighted by Gasteiger charge is 2.25. The van der Waals surface area contributed by atoms with Crippen molar-refractivity contribution in [1.82, 2.24) is 9.47 Å². The normalized spacial score (nSPS) is 13.8. The molecule has 6 nitrogen and oxygen atoms in total. The molecule has 2 aromatic carbocycles. The zero-order valence-electron chi connectivity index (χ0n) is 24.4. The number of halogens is 1. The molecule has 2 N–H and O–H groups in total. The molecule has 0 atom stereocenters. The summed E-state index contributed by atoms with van der Waals surface area (Å²) in [5.74, 6) is 0.750. The van der Waals surface area contributed by atoms with Crippen LogP contribution in [0.25, 0.3) is 16.8 Å². The first kappa shape index (κ1) is 29.4. The number of carbonyl (C=O) groups is 1. The number of nitrogens with one attached hydrogen (secondary N) is 2. The Bertz CT molecular complexity index is 1450. The predicted octanol–water partition coefficient (Wildman–Crippen LogP) is 7.83. The number of anilines is 2. The van der Waals surface area contributed by atoms with Crippen LogP contribution in [0, 0.1) is 12.3 Å². The van der Waals surface area contributed by atoms with E-state index >= 15 is 0 Å².